The first-order valence-electron chi connectivity index (χ1n) is 14.1. The van der Waals surface area contributed by atoms with Crippen LogP contribution in [-0.4, -0.2) is 14.9 Å². The molecule has 0 aliphatic carbocycles. The van der Waals surface area contributed by atoms with E-state index in [0.717, 1.165) is 0 Å². The highest BCUT2D eigenvalue weighted by Crippen LogP contribution is 2.30. The highest BCUT2D eigenvalue weighted by Gasteiger charge is 2.52. The zero-order valence-electron chi connectivity index (χ0n) is 25.8. The number of hydrogen-bond donors (Lipinski definition) is 0. The summed E-state index contributed by atoms with van der Waals surface area (Å²) >= 11 is 0. The van der Waals surface area contributed by atoms with Gasteiger partial charge in [-0.3, -0.25) is 0 Å². The van der Waals surface area contributed by atoms with Crippen LogP contribution >= 0.6 is 0 Å². The van der Waals surface area contributed by atoms with Crippen LogP contribution in [0.3, 0.4) is 0 Å². The molecule has 0 aromatic heterocycles. The highest BCUT2D eigenvalue weighted by molar-refractivity contribution is 7.20. The van der Waals surface area contributed by atoms with Crippen LogP contribution in [0.2, 0.25) is 18.1 Å². The number of rotatable bonds is 7. The van der Waals surface area contributed by atoms with Gasteiger partial charge in [-0.15, -0.1) is 21.9 Å². The first-order valence-corrected chi connectivity index (χ1v) is 16.2. The van der Waals surface area contributed by atoms with Gasteiger partial charge in [0, 0.05) is 0 Å². The molecule has 0 radical (unpaired) electrons. The molecule has 0 atom stereocenters. The smallest absolute Gasteiger partial charge is 0.207 e. The van der Waals surface area contributed by atoms with E-state index < -0.39 is 144 Å². The molecular formula is C30H15BF20Si. The van der Waals surface area contributed by atoms with Crippen molar-refractivity contribution in [2.24, 2.45) is 0 Å². The van der Waals surface area contributed by atoms with Gasteiger partial charge < -0.3 is 0 Å². The third-order valence-electron chi connectivity index (χ3n) is 8.21. The normalized spacial score (nSPS) is 11.6. The quantitative estimate of drug-likeness (QED) is 0.0764. The van der Waals surface area contributed by atoms with Crippen molar-refractivity contribution >= 4 is 36.8 Å². The van der Waals surface area contributed by atoms with Gasteiger partial charge >= 0.3 is 8.80 Å². The Bertz CT molecular complexity index is 1670. The Morgan fingerprint density at radius 3 is 0.462 bits per heavy atom. The van der Waals surface area contributed by atoms with E-state index in [2.05, 4.69) is 20.8 Å². The van der Waals surface area contributed by atoms with Crippen molar-refractivity contribution in [2.45, 2.75) is 38.9 Å². The summed E-state index contributed by atoms with van der Waals surface area (Å²) in [4.78, 5) is 0. The van der Waals surface area contributed by atoms with Gasteiger partial charge in [0.15, 0.2) is 69.8 Å². The van der Waals surface area contributed by atoms with E-state index >= 15 is 35.1 Å². The zero-order valence-corrected chi connectivity index (χ0v) is 26.8. The predicted molar refractivity (Wildman–Crippen MR) is 146 cm³/mol. The highest BCUT2D eigenvalue weighted by atomic mass is 28.3. The van der Waals surface area contributed by atoms with Crippen LogP contribution < -0.4 is 21.9 Å². The summed E-state index contributed by atoms with van der Waals surface area (Å²) in [6, 6.07) is 4.37. The number of halogens is 20. The SMILES string of the molecule is CC[Si+](CC)CC.Fc1c(F)c(F)c([B-](c2c(F)c(F)c(F)c(F)c2F)(c2c(F)c(F)c(F)c(F)c2F)c2c(F)c(F)c(F)c(F)c2F)c(F)c1F. The molecule has 0 fully saturated rings. The van der Waals surface area contributed by atoms with Crippen molar-refractivity contribution in [3.63, 3.8) is 0 Å². The van der Waals surface area contributed by atoms with Crippen molar-refractivity contribution < 1.29 is 87.8 Å². The molecule has 0 unspecified atom stereocenters. The first-order chi connectivity index (χ1) is 24.0. The van der Waals surface area contributed by atoms with E-state index in [-0.39, 0.29) is 8.80 Å². The summed E-state index contributed by atoms with van der Waals surface area (Å²) in [5.74, 6) is -71.4. The van der Waals surface area contributed by atoms with Crippen molar-refractivity contribution in [3.8, 4) is 0 Å². The molecule has 4 aromatic carbocycles. The second-order valence-electron chi connectivity index (χ2n) is 10.6. The summed E-state index contributed by atoms with van der Waals surface area (Å²) in [5.41, 5.74) is -14.3. The molecule has 0 N–H and O–H groups in total. The van der Waals surface area contributed by atoms with E-state index in [1.807, 2.05) is 0 Å². The van der Waals surface area contributed by atoms with Gasteiger partial charge in [-0.1, -0.05) is 0 Å². The lowest BCUT2D eigenvalue weighted by Gasteiger charge is -2.44. The van der Waals surface area contributed by atoms with Crippen LogP contribution in [0.4, 0.5) is 87.8 Å². The molecule has 52 heavy (non-hydrogen) atoms. The first kappa shape index (κ1) is 42.2. The fourth-order valence-corrected chi connectivity index (χ4v) is 7.12. The standard InChI is InChI=1S/C24BF20.C6H15Si/c26-5-1(6(27)14(35)21(42)13(5)34)25(2-7(28)15(36)22(43)16(37)8(2)29,3-9(30)17(38)23(44)18(39)10(3)31)4-11(32)19(40)24(45)20(41)12(4)33;1-4-7(5-2)6-3/h;4-6H2,1-3H3/q-1;+1. The molecule has 4 aromatic rings. The Morgan fingerprint density at radius 1 is 0.250 bits per heavy atom. The van der Waals surface area contributed by atoms with Crippen LogP contribution in [0.15, 0.2) is 0 Å². The van der Waals surface area contributed by atoms with Gasteiger partial charge in [0.05, 0.1) is 18.1 Å². The average molecular weight is 794 g/mol. The summed E-state index contributed by atoms with van der Waals surface area (Å²) in [6.45, 7) is 6.92. The van der Waals surface area contributed by atoms with E-state index in [9.17, 15) is 52.7 Å². The molecular weight excluding hydrogens is 779 g/mol. The number of hydrogen-bond acceptors (Lipinski definition) is 0. The van der Waals surface area contributed by atoms with Gasteiger partial charge in [-0.2, -0.15) is 0 Å². The number of benzene rings is 4. The van der Waals surface area contributed by atoms with Crippen molar-refractivity contribution in [3.05, 3.63) is 116 Å². The second kappa shape index (κ2) is 15.4. The van der Waals surface area contributed by atoms with Gasteiger partial charge in [-0.05, 0) is 20.8 Å². The van der Waals surface area contributed by atoms with Crippen molar-refractivity contribution in [1.82, 2.24) is 0 Å². The molecule has 0 aliphatic heterocycles. The molecule has 0 bridgehead atoms. The van der Waals surface area contributed by atoms with Crippen LogP contribution in [0.25, 0.3) is 0 Å². The maximum absolute atomic E-state index is 15.4. The van der Waals surface area contributed by atoms with Gasteiger partial charge in [0.1, 0.15) is 52.7 Å². The van der Waals surface area contributed by atoms with E-state index in [0.29, 0.717) is 0 Å². The largest absolute Gasteiger partial charge is 0.313 e. The Balaban J connectivity index is 0.000000944. The Labute approximate surface area is 280 Å². The van der Waals surface area contributed by atoms with Crippen LogP contribution in [0, 0.1) is 116 Å². The van der Waals surface area contributed by atoms with Gasteiger partial charge in [0.25, 0.3) is 0 Å². The van der Waals surface area contributed by atoms with Gasteiger partial charge in [0.2, 0.25) is 0 Å². The minimum Gasteiger partial charge on any atom is -0.207 e. The van der Waals surface area contributed by atoms with Gasteiger partial charge in [-0.25, -0.2) is 87.8 Å². The minimum atomic E-state index is -7.22. The molecule has 0 nitrogen and oxygen atoms in total. The topological polar surface area (TPSA) is 0 Å². The van der Waals surface area contributed by atoms with Crippen LogP contribution in [-0.2, 0) is 0 Å². The molecule has 0 spiro atoms. The molecule has 0 aliphatic rings. The Hall–Kier alpha value is -4.24. The van der Waals surface area contributed by atoms with E-state index in [4.69, 9.17) is 0 Å². The summed E-state index contributed by atoms with van der Waals surface area (Å²) in [5, 5.41) is 0. The average Bonchev–Trinajstić information content (AvgIpc) is 3.12. The minimum absolute atomic E-state index is 0.137. The fourth-order valence-electron chi connectivity index (χ4n) is 5.62. The Kier molecular flexibility index (Phi) is 12.5. The lowest BCUT2D eigenvalue weighted by Crippen LogP contribution is -2.81. The third-order valence-corrected chi connectivity index (χ3v) is 11.2. The second-order valence-corrected chi connectivity index (χ2v) is 14.2. The van der Waals surface area contributed by atoms with Crippen LogP contribution in [0.1, 0.15) is 20.8 Å². The molecule has 0 heterocycles. The van der Waals surface area contributed by atoms with Crippen molar-refractivity contribution in [1.29, 1.82) is 0 Å². The lowest BCUT2D eigenvalue weighted by atomic mass is 9.12. The molecule has 0 amide bonds. The predicted octanol–water partition coefficient (Wildman–Crippen LogP) is 8.39. The zero-order chi connectivity index (χ0) is 40.1. The molecule has 0 saturated heterocycles. The van der Waals surface area contributed by atoms with E-state index in [1.165, 1.54) is 18.1 Å². The molecule has 22 heteroatoms. The molecule has 4 rings (SSSR count). The van der Waals surface area contributed by atoms with Crippen molar-refractivity contribution in [2.75, 3.05) is 0 Å². The summed E-state index contributed by atoms with van der Waals surface area (Å²) in [7, 11) is 0.137. The summed E-state index contributed by atoms with van der Waals surface area (Å²) in [6.07, 6.45) is -7.22. The summed E-state index contributed by atoms with van der Waals surface area (Å²) < 4.78 is 294. The van der Waals surface area contributed by atoms with Crippen LogP contribution in [0.5, 0.6) is 0 Å². The maximum atomic E-state index is 15.4. The Morgan fingerprint density at radius 2 is 0.365 bits per heavy atom. The monoisotopic (exact) mass is 794 g/mol. The fraction of sp³-hybridized carbons (Fsp3) is 0.200. The molecule has 282 valence electrons. The molecule has 0 saturated carbocycles. The third kappa shape index (κ3) is 6.18. The maximum Gasteiger partial charge on any atom is 0.313 e. The van der Waals surface area contributed by atoms with E-state index in [1.54, 1.807) is 0 Å². The lowest BCUT2D eigenvalue weighted by molar-refractivity contribution is 0.378.